The summed E-state index contributed by atoms with van der Waals surface area (Å²) < 4.78 is 18.4. The van der Waals surface area contributed by atoms with Crippen molar-refractivity contribution in [2.45, 2.75) is 24.9 Å². The van der Waals surface area contributed by atoms with Gasteiger partial charge in [-0.15, -0.1) is 0 Å². The number of β-amino-alcohol motifs (C(OH)–C–C–N with tert-alkyl or cyclic N) is 1. The number of carboxylic acid groups (broad SMARTS) is 1. The van der Waals surface area contributed by atoms with E-state index >= 15 is 0 Å². The van der Waals surface area contributed by atoms with Gasteiger partial charge in [0.05, 0.1) is 13.0 Å². The van der Waals surface area contributed by atoms with Gasteiger partial charge in [0.2, 0.25) is 5.91 Å². The van der Waals surface area contributed by atoms with Crippen LogP contribution < -0.4 is 4.74 Å². The van der Waals surface area contributed by atoms with Crippen molar-refractivity contribution in [3.63, 3.8) is 0 Å². The summed E-state index contributed by atoms with van der Waals surface area (Å²) in [6, 6.07) is 5.59. The first kappa shape index (κ1) is 16.2. The fourth-order valence-electron chi connectivity index (χ4n) is 2.33. The Morgan fingerprint density at radius 3 is 2.82 bits per heavy atom. The number of benzene rings is 1. The van der Waals surface area contributed by atoms with Crippen LogP contribution in [0.1, 0.15) is 19.3 Å². The summed E-state index contributed by atoms with van der Waals surface area (Å²) in [5.74, 6) is -1.45. The number of carbonyl (C=O) groups is 2. The van der Waals surface area contributed by atoms with Crippen LogP contribution in [-0.4, -0.2) is 52.3 Å². The topological polar surface area (TPSA) is 87.1 Å². The van der Waals surface area contributed by atoms with Gasteiger partial charge in [0, 0.05) is 19.0 Å². The molecule has 1 aliphatic heterocycles. The van der Waals surface area contributed by atoms with E-state index in [1.165, 1.54) is 23.1 Å². The average Bonchev–Trinajstić information content (AvgIpc) is 2.86. The van der Waals surface area contributed by atoms with Crippen LogP contribution >= 0.6 is 0 Å². The highest BCUT2D eigenvalue weighted by Gasteiger charge is 2.38. The number of aliphatic hydroxyl groups is 1. The van der Waals surface area contributed by atoms with Gasteiger partial charge in [-0.25, -0.2) is 4.39 Å². The summed E-state index contributed by atoms with van der Waals surface area (Å²) in [7, 11) is 0. The van der Waals surface area contributed by atoms with E-state index in [2.05, 4.69) is 0 Å². The number of carboxylic acids is 1. The van der Waals surface area contributed by atoms with Crippen molar-refractivity contribution in [1.29, 1.82) is 0 Å². The van der Waals surface area contributed by atoms with E-state index in [4.69, 9.17) is 9.84 Å². The third-order valence-corrected chi connectivity index (χ3v) is 3.54. The third kappa shape index (κ3) is 4.42. The second-order valence-corrected chi connectivity index (χ2v) is 5.43. The van der Waals surface area contributed by atoms with Crippen molar-refractivity contribution in [2.24, 2.45) is 0 Å². The van der Waals surface area contributed by atoms with Crippen LogP contribution in [0.25, 0.3) is 0 Å². The third-order valence-electron chi connectivity index (χ3n) is 3.54. The Morgan fingerprint density at radius 1 is 1.36 bits per heavy atom. The molecule has 7 heteroatoms. The van der Waals surface area contributed by atoms with E-state index in [1.54, 1.807) is 6.07 Å². The molecular formula is C15H18FNO5. The molecule has 2 N–H and O–H groups in total. The number of halogens is 1. The Bertz CT molecular complexity index is 565. The average molecular weight is 311 g/mol. The minimum atomic E-state index is -1.20. The highest BCUT2D eigenvalue weighted by molar-refractivity contribution is 5.81. The SMILES string of the molecule is O=C(O)CCC(=O)N1CC[C@@](O)(COc2cccc(F)c2)C1. The predicted molar refractivity (Wildman–Crippen MR) is 74.9 cm³/mol. The van der Waals surface area contributed by atoms with Crippen LogP contribution in [0, 0.1) is 5.82 Å². The fraction of sp³-hybridized carbons (Fsp3) is 0.467. The van der Waals surface area contributed by atoms with E-state index < -0.39 is 17.4 Å². The van der Waals surface area contributed by atoms with Crippen LogP contribution in [0.3, 0.4) is 0 Å². The Labute approximate surface area is 127 Å². The highest BCUT2D eigenvalue weighted by atomic mass is 19.1. The Kier molecular flexibility index (Phi) is 4.97. The zero-order valence-electron chi connectivity index (χ0n) is 12.0. The first-order valence-electron chi connectivity index (χ1n) is 6.98. The van der Waals surface area contributed by atoms with Gasteiger partial charge < -0.3 is 19.8 Å². The number of likely N-dealkylation sites (tertiary alicyclic amines) is 1. The van der Waals surface area contributed by atoms with Crippen molar-refractivity contribution < 1.29 is 28.9 Å². The van der Waals surface area contributed by atoms with Gasteiger partial charge in [0.1, 0.15) is 23.8 Å². The number of nitrogens with zero attached hydrogens (tertiary/aromatic N) is 1. The second kappa shape index (κ2) is 6.74. The van der Waals surface area contributed by atoms with E-state index in [0.717, 1.165) is 0 Å². The van der Waals surface area contributed by atoms with Crippen molar-refractivity contribution >= 4 is 11.9 Å². The lowest BCUT2D eigenvalue weighted by atomic mass is 10.1. The second-order valence-electron chi connectivity index (χ2n) is 5.43. The number of rotatable bonds is 6. The monoisotopic (exact) mass is 311 g/mol. The summed E-state index contributed by atoms with van der Waals surface area (Å²) in [6.07, 6.45) is 0.0187. The van der Waals surface area contributed by atoms with Gasteiger partial charge in [0.15, 0.2) is 0 Å². The standard InChI is InChI=1S/C15H18FNO5/c16-11-2-1-3-12(8-11)22-10-15(21)6-7-17(9-15)13(18)4-5-14(19)20/h1-3,8,21H,4-7,9-10H2,(H,19,20)/t15-/m0/s1. The normalized spacial score (nSPS) is 20.9. The molecule has 1 aliphatic rings. The molecule has 2 rings (SSSR count). The largest absolute Gasteiger partial charge is 0.490 e. The molecule has 1 atom stereocenters. The molecule has 0 spiro atoms. The lowest BCUT2D eigenvalue weighted by molar-refractivity contribution is -0.140. The quantitative estimate of drug-likeness (QED) is 0.819. The van der Waals surface area contributed by atoms with E-state index in [-0.39, 0.29) is 31.9 Å². The van der Waals surface area contributed by atoms with Crippen LogP contribution in [-0.2, 0) is 9.59 Å². The molecule has 1 saturated heterocycles. The molecule has 0 radical (unpaired) electrons. The highest BCUT2D eigenvalue weighted by Crippen LogP contribution is 2.24. The molecule has 1 fully saturated rings. The van der Waals surface area contributed by atoms with E-state index in [9.17, 15) is 19.1 Å². The van der Waals surface area contributed by atoms with Gasteiger partial charge in [-0.3, -0.25) is 9.59 Å². The summed E-state index contributed by atoms with van der Waals surface area (Å²) in [5.41, 5.74) is -1.20. The maximum absolute atomic E-state index is 13.0. The molecule has 120 valence electrons. The molecule has 0 bridgehead atoms. The van der Waals surface area contributed by atoms with Crippen LogP contribution in [0.5, 0.6) is 5.75 Å². The Balaban J connectivity index is 1.85. The molecule has 0 unspecified atom stereocenters. The fourth-order valence-corrected chi connectivity index (χ4v) is 2.33. The molecule has 22 heavy (non-hydrogen) atoms. The maximum atomic E-state index is 13.0. The smallest absolute Gasteiger partial charge is 0.303 e. The maximum Gasteiger partial charge on any atom is 0.303 e. The number of ether oxygens (including phenoxy) is 1. The Morgan fingerprint density at radius 2 is 2.14 bits per heavy atom. The van der Waals surface area contributed by atoms with Crippen molar-refractivity contribution in [3.8, 4) is 5.75 Å². The molecule has 1 amide bonds. The molecule has 0 aromatic heterocycles. The molecule has 1 heterocycles. The molecule has 1 aromatic rings. The van der Waals surface area contributed by atoms with Gasteiger partial charge in [0.25, 0.3) is 0 Å². The number of amides is 1. The minimum absolute atomic E-state index is 0.0564. The van der Waals surface area contributed by atoms with Gasteiger partial charge in [-0.1, -0.05) is 6.07 Å². The molecule has 1 aromatic carbocycles. The van der Waals surface area contributed by atoms with Crippen molar-refractivity contribution in [2.75, 3.05) is 19.7 Å². The Hall–Kier alpha value is -2.15. The van der Waals surface area contributed by atoms with Crippen LogP contribution in [0.4, 0.5) is 4.39 Å². The zero-order valence-corrected chi connectivity index (χ0v) is 12.0. The summed E-state index contributed by atoms with van der Waals surface area (Å²) >= 11 is 0. The lowest BCUT2D eigenvalue weighted by Gasteiger charge is -2.23. The van der Waals surface area contributed by atoms with Crippen molar-refractivity contribution in [1.82, 2.24) is 4.90 Å². The first-order valence-corrected chi connectivity index (χ1v) is 6.98. The summed E-state index contributed by atoms with van der Waals surface area (Å²) in [6.45, 7) is 0.376. The number of aliphatic carboxylic acids is 1. The zero-order chi connectivity index (χ0) is 16.2. The van der Waals surface area contributed by atoms with Crippen molar-refractivity contribution in [3.05, 3.63) is 30.1 Å². The molecular weight excluding hydrogens is 293 g/mol. The van der Waals surface area contributed by atoms with Gasteiger partial charge in [-0.2, -0.15) is 0 Å². The van der Waals surface area contributed by atoms with Gasteiger partial charge in [-0.05, 0) is 18.6 Å². The van der Waals surface area contributed by atoms with Gasteiger partial charge >= 0.3 is 5.97 Å². The van der Waals surface area contributed by atoms with E-state index in [1.807, 2.05) is 0 Å². The number of hydrogen-bond acceptors (Lipinski definition) is 4. The first-order chi connectivity index (χ1) is 10.4. The molecule has 0 aliphatic carbocycles. The van der Waals surface area contributed by atoms with E-state index in [0.29, 0.717) is 18.7 Å². The summed E-state index contributed by atoms with van der Waals surface area (Å²) in [4.78, 5) is 23.7. The number of carbonyl (C=O) groups excluding carboxylic acids is 1. The molecule has 0 saturated carbocycles. The minimum Gasteiger partial charge on any atom is -0.490 e. The predicted octanol–water partition coefficient (Wildman–Crippen LogP) is 1.03. The molecule has 6 nitrogen and oxygen atoms in total. The number of hydrogen-bond donors (Lipinski definition) is 2. The summed E-state index contributed by atoms with van der Waals surface area (Å²) in [5, 5.41) is 19.0. The lowest BCUT2D eigenvalue weighted by Crippen LogP contribution is -2.40. The van der Waals surface area contributed by atoms with Crippen LogP contribution in [0.2, 0.25) is 0 Å². The van der Waals surface area contributed by atoms with Crippen LogP contribution in [0.15, 0.2) is 24.3 Å².